The number of hydrogen-bond acceptors (Lipinski definition) is 3. The molecule has 0 unspecified atom stereocenters. The number of imidazole rings is 1. The summed E-state index contributed by atoms with van der Waals surface area (Å²) in [5, 5.41) is 11.8. The van der Waals surface area contributed by atoms with Crippen LogP contribution >= 0.6 is 0 Å². The zero-order chi connectivity index (χ0) is 20.5. The van der Waals surface area contributed by atoms with Crippen LogP contribution in [0, 0.1) is 12.7 Å². The van der Waals surface area contributed by atoms with Crippen LogP contribution in [0.2, 0.25) is 0 Å². The monoisotopic (exact) mass is 393 g/mol. The van der Waals surface area contributed by atoms with Gasteiger partial charge in [0.05, 0.1) is 11.3 Å². The number of benzene rings is 2. The standard InChI is InChI=1S/C19H15F4N3O2/c1-11-24-4-5-26(11)17-3-2-12(6-16(17)20)10-25-18(28)13-7-14(19(21,22)23)9-15(27)8-13/h2-9,27H,10H2,1H3,(H,25,28). The number of aryl methyl sites for hydroxylation is 1. The third kappa shape index (κ3) is 4.13. The molecule has 0 atom stereocenters. The summed E-state index contributed by atoms with van der Waals surface area (Å²) in [6.07, 6.45) is -1.55. The molecular formula is C19H15F4N3O2. The average molecular weight is 393 g/mol. The fourth-order valence-corrected chi connectivity index (χ4v) is 2.68. The number of rotatable bonds is 4. The molecule has 0 aliphatic rings. The van der Waals surface area contributed by atoms with E-state index in [9.17, 15) is 27.5 Å². The van der Waals surface area contributed by atoms with Gasteiger partial charge >= 0.3 is 6.18 Å². The Hall–Kier alpha value is -3.36. The molecule has 1 aromatic heterocycles. The first kappa shape index (κ1) is 19.4. The molecule has 1 heterocycles. The van der Waals surface area contributed by atoms with Gasteiger partial charge in [-0.1, -0.05) is 6.07 Å². The molecule has 0 radical (unpaired) electrons. The van der Waals surface area contributed by atoms with Gasteiger partial charge in [0.25, 0.3) is 5.91 Å². The van der Waals surface area contributed by atoms with E-state index in [0.717, 1.165) is 6.07 Å². The molecule has 28 heavy (non-hydrogen) atoms. The molecule has 0 aliphatic heterocycles. The lowest BCUT2D eigenvalue weighted by Gasteiger charge is -2.11. The van der Waals surface area contributed by atoms with E-state index in [1.165, 1.54) is 18.3 Å². The van der Waals surface area contributed by atoms with Crippen LogP contribution in [0.1, 0.15) is 27.3 Å². The van der Waals surface area contributed by atoms with Gasteiger partial charge in [-0.2, -0.15) is 13.2 Å². The molecule has 0 fully saturated rings. The summed E-state index contributed by atoms with van der Waals surface area (Å²) in [7, 11) is 0. The number of phenols is 1. The lowest BCUT2D eigenvalue weighted by Crippen LogP contribution is -2.23. The van der Waals surface area contributed by atoms with Gasteiger partial charge < -0.3 is 15.0 Å². The molecule has 0 bridgehead atoms. The maximum absolute atomic E-state index is 14.4. The second-order valence-electron chi connectivity index (χ2n) is 6.08. The van der Waals surface area contributed by atoms with Crippen LogP contribution in [0.5, 0.6) is 5.75 Å². The number of phenolic OH excluding ortho intramolecular Hbond substituents is 1. The average Bonchev–Trinajstić information content (AvgIpc) is 3.04. The Balaban J connectivity index is 1.74. The minimum absolute atomic E-state index is 0.101. The fraction of sp³-hybridized carbons (Fsp3) is 0.158. The Morgan fingerprint density at radius 3 is 2.57 bits per heavy atom. The number of halogens is 4. The minimum Gasteiger partial charge on any atom is -0.508 e. The Kier molecular flexibility index (Phi) is 5.08. The predicted octanol–water partition coefficient (Wildman–Crippen LogP) is 3.97. The SMILES string of the molecule is Cc1nccn1-c1ccc(CNC(=O)c2cc(O)cc(C(F)(F)F)c2)cc1F. The fourth-order valence-electron chi connectivity index (χ4n) is 2.68. The quantitative estimate of drug-likeness (QED) is 0.659. The lowest BCUT2D eigenvalue weighted by atomic mass is 10.1. The number of nitrogens with zero attached hydrogens (tertiary/aromatic N) is 2. The van der Waals surface area contributed by atoms with Crippen molar-refractivity contribution in [2.45, 2.75) is 19.6 Å². The highest BCUT2D eigenvalue weighted by Gasteiger charge is 2.31. The summed E-state index contributed by atoms with van der Waals surface area (Å²) in [4.78, 5) is 16.2. The van der Waals surface area contributed by atoms with Crippen molar-refractivity contribution in [2.24, 2.45) is 0 Å². The molecule has 3 rings (SSSR count). The van der Waals surface area contributed by atoms with Crippen LogP contribution in [0.15, 0.2) is 48.8 Å². The third-order valence-electron chi connectivity index (χ3n) is 4.06. The van der Waals surface area contributed by atoms with Crippen molar-refractivity contribution in [3.05, 3.63) is 77.1 Å². The number of hydrogen-bond donors (Lipinski definition) is 2. The smallest absolute Gasteiger partial charge is 0.416 e. The zero-order valence-corrected chi connectivity index (χ0v) is 14.6. The van der Waals surface area contributed by atoms with E-state index in [0.29, 0.717) is 23.5 Å². The van der Waals surface area contributed by atoms with Crippen LogP contribution in [0.3, 0.4) is 0 Å². The van der Waals surface area contributed by atoms with Crippen molar-refractivity contribution in [3.8, 4) is 11.4 Å². The molecule has 1 amide bonds. The van der Waals surface area contributed by atoms with Crippen LogP contribution in [0.25, 0.3) is 5.69 Å². The highest BCUT2D eigenvalue weighted by atomic mass is 19.4. The van der Waals surface area contributed by atoms with Crippen molar-refractivity contribution in [3.63, 3.8) is 0 Å². The predicted molar refractivity (Wildman–Crippen MR) is 92.5 cm³/mol. The Morgan fingerprint density at radius 1 is 1.21 bits per heavy atom. The summed E-state index contributed by atoms with van der Waals surface area (Å²) in [6, 6.07) is 6.42. The maximum atomic E-state index is 14.4. The third-order valence-corrected chi connectivity index (χ3v) is 4.06. The van der Waals surface area contributed by atoms with E-state index in [1.807, 2.05) is 0 Å². The molecular weight excluding hydrogens is 378 g/mol. The van der Waals surface area contributed by atoms with Gasteiger partial charge in [-0.3, -0.25) is 4.79 Å². The van der Waals surface area contributed by atoms with Crippen LogP contribution in [-0.4, -0.2) is 20.6 Å². The molecule has 146 valence electrons. The number of aromatic hydroxyl groups is 1. The molecule has 0 spiro atoms. The number of carbonyl (C=O) groups excluding carboxylic acids is 1. The second kappa shape index (κ2) is 7.34. The van der Waals surface area contributed by atoms with Crippen molar-refractivity contribution in [1.29, 1.82) is 0 Å². The van der Waals surface area contributed by atoms with Gasteiger partial charge in [0.15, 0.2) is 0 Å². The minimum atomic E-state index is -4.70. The molecule has 5 nitrogen and oxygen atoms in total. The first-order valence-electron chi connectivity index (χ1n) is 8.13. The topological polar surface area (TPSA) is 67.2 Å². The van der Waals surface area contributed by atoms with Crippen LogP contribution < -0.4 is 5.32 Å². The van der Waals surface area contributed by atoms with E-state index in [1.54, 1.807) is 23.8 Å². The van der Waals surface area contributed by atoms with Gasteiger partial charge in [-0.25, -0.2) is 9.37 Å². The van der Waals surface area contributed by atoms with Crippen LogP contribution in [0.4, 0.5) is 17.6 Å². The molecule has 2 aromatic carbocycles. The first-order valence-corrected chi connectivity index (χ1v) is 8.13. The van der Waals surface area contributed by atoms with E-state index in [-0.39, 0.29) is 17.8 Å². The Morgan fingerprint density at radius 2 is 1.96 bits per heavy atom. The molecule has 0 aliphatic carbocycles. The number of nitrogens with one attached hydrogen (secondary N) is 1. The van der Waals surface area contributed by atoms with Gasteiger partial charge in [0.2, 0.25) is 0 Å². The summed E-state index contributed by atoms with van der Waals surface area (Å²) in [6.45, 7) is 1.62. The summed E-state index contributed by atoms with van der Waals surface area (Å²) in [5.41, 5.74) is -0.779. The summed E-state index contributed by atoms with van der Waals surface area (Å²) < 4.78 is 54.3. The highest BCUT2D eigenvalue weighted by Crippen LogP contribution is 2.32. The van der Waals surface area contributed by atoms with E-state index in [4.69, 9.17) is 0 Å². The Bertz CT molecular complexity index is 1030. The van der Waals surface area contributed by atoms with Gasteiger partial charge in [0.1, 0.15) is 17.4 Å². The molecule has 3 aromatic rings. The largest absolute Gasteiger partial charge is 0.508 e. The maximum Gasteiger partial charge on any atom is 0.416 e. The number of aromatic nitrogens is 2. The first-order chi connectivity index (χ1) is 13.1. The van der Waals surface area contributed by atoms with Crippen molar-refractivity contribution in [1.82, 2.24) is 14.9 Å². The van der Waals surface area contributed by atoms with Crippen molar-refractivity contribution >= 4 is 5.91 Å². The normalized spacial score (nSPS) is 11.5. The highest BCUT2D eigenvalue weighted by molar-refractivity contribution is 5.94. The van der Waals surface area contributed by atoms with Gasteiger partial charge in [-0.15, -0.1) is 0 Å². The van der Waals surface area contributed by atoms with Gasteiger partial charge in [-0.05, 0) is 42.8 Å². The molecule has 0 saturated heterocycles. The number of alkyl halides is 3. The van der Waals surface area contributed by atoms with E-state index >= 15 is 0 Å². The molecule has 2 N–H and O–H groups in total. The Labute approximate surface area is 157 Å². The van der Waals surface area contributed by atoms with Crippen LogP contribution in [-0.2, 0) is 12.7 Å². The zero-order valence-electron chi connectivity index (χ0n) is 14.6. The van der Waals surface area contributed by atoms with Crippen molar-refractivity contribution in [2.75, 3.05) is 0 Å². The summed E-state index contributed by atoms with van der Waals surface area (Å²) in [5.74, 6) is -1.43. The van der Waals surface area contributed by atoms with E-state index in [2.05, 4.69) is 10.3 Å². The number of amides is 1. The van der Waals surface area contributed by atoms with Gasteiger partial charge in [0, 0.05) is 24.5 Å². The number of carbonyl (C=O) groups is 1. The van der Waals surface area contributed by atoms with E-state index < -0.39 is 29.2 Å². The molecule has 0 saturated carbocycles. The lowest BCUT2D eigenvalue weighted by molar-refractivity contribution is -0.137. The summed E-state index contributed by atoms with van der Waals surface area (Å²) >= 11 is 0. The second-order valence-corrected chi connectivity index (χ2v) is 6.08. The molecule has 9 heteroatoms. The van der Waals surface area contributed by atoms with Crippen molar-refractivity contribution < 1.29 is 27.5 Å².